The van der Waals surface area contributed by atoms with Gasteiger partial charge in [-0.25, -0.2) is 0 Å². The maximum absolute atomic E-state index is 12.6. The summed E-state index contributed by atoms with van der Waals surface area (Å²) in [7, 11) is 3.00. The molecule has 1 fully saturated rings. The van der Waals surface area contributed by atoms with Crippen LogP contribution in [0.2, 0.25) is 0 Å². The van der Waals surface area contributed by atoms with Crippen LogP contribution in [0.3, 0.4) is 0 Å². The molecule has 0 unspecified atom stereocenters. The molecule has 3 aromatic carbocycles. The molecule has 0 saturated carbocycles. The molecule has 0 atom stereocenters. The van der Waals surface area contributed by atoms with Gasteiger partial charge in [0, 0.05) is 78.3 Å². The topological polar surface area (TPSA) is 241 Å². The second kappa shape index (κ2) is 30.2. The molecule has 4 rings (SSSR count). The molecular weight excluding hydrogens is 730 g/mol. The molecule has 3 aromatic rings. The first-order valence-corrected chi connectivity index (χ1v) is 14.3. The number of hydrogen-bond acceptors (Lipinski definition) is 14. The van der Waals surface area contributed by atoms with Gasteiger partial charge in [0.15, 0.2) is 0 Å². The minimum Gasteiger partial charge on any atom is -0.872 e. The van der Waals surface area contributed by atoms with Crippen LogP contribution in [0.5, 0.6) is 17.2 Å². The van der Waals surface area contributed by atoms with Crippen molar-refractivity contribution in [3.05, 3.63) is 89.5 Å². The van der Waals surface area contributed by atoms with Crippen LogP contribution in [-0.2, 0) is 43.1 Å². The van der Waals surface area contributed by atoms with E-state index in [4.69, 9.17) is 15.3 Å². The van der Waals surface area contributed by atoms with Crippen molar-refractivity contribution in [2.45, 2.75) is 12.6 Å². The summed E-state index contributed by atoms with van der Waals surface area (Å²) < 4.78 is 0. The molecule has 270 valence electrons. The van der Waals surface area contributed by atoms with Crippen molar-refractivity contribution >= 4 is 24.4 Å². The molecule has 49 heavy (non-hydrogen) atoms. The van der Waals surface area contributed by atoms with E-state index in [1.165, 1.54) is 12.1 Å². The number of carbonyl (C=O) groups excluding carboxylic acids is 2. The Bertz CT molecular complexity index is 1300. The summed E-state index contributed by atoms with van der Waals surface area (Å²) >= 11 is 0. The largest absolute Gasteiger partial charge is 3.00 e. The predicted octanol–water partition coefficient (Wildman–Crippen LogP) is -2.54. The molecule has 0 aromatic heterocycles. The number of aliphatic hydroxyl groups is 3. The van der Waals surface area contributed by atoms with Gasteiger partial charge in [0.2, 0.25) is 0 Å². The molecule has 0 spiro atoms. The van der Waals surface area contributed by atoms with Gasteiger partial charge in [0.1, 0.15) is 0 Å². The summed E-state index contributed by atoms with van der Waals surface area (Å²) in [6, 6.07) is 20.8. The molecule has 0 bridgehead atoms. The van der Waals surface area contributed by atoms with E-state index in [1.54, 1.807) is 48.8 Å². The van der Waals surface area contributed by atoms with E-state index in [2.05, 4.69) is 19.8 Å². The average Bonchev–Trinajstić information content (AvgIpc) is 3.47. The van der Waals surface area contributed by atoms with Crippen LogP contribution >= 0.6 is 0 Å². The normalized spacial score (nSPS) is 13.5. The van der Waals surface area contributed by atoms with E-state index in [1.807, 2.05) is 24.3 Å². The first-order valence-electron chi connectivity index (χ1n) is 14.3. The first-order chi connectivity index (χ1) is 22.8. The Morgan fingerprint density at radius 1 is 0.653 bits per heavy atom. The summed E-state index contributed by atoms with van der Waals surface area (Å²) in [6.45, 7) is 4.00. The maximum Gasteiger partial charge on any atom is 3.00 e. The van der Waals surface area contributed by atoms with Crippen molar-refractivity contribution in [3.8, 4) is 17.2 Å². The summed E-state index contributed by atoms with van der Waals surface area (Å²) in [4.78, 5) is 31.9. The molecular formula is C33H41Co2N4O10+. The number of aliphatic hydroxyl groups excluding tert-OH is 3. The van der Waals surface area contributed by atoms with Crippen molar-refractivity contribution in [1.82, 2.24) is 9.80 Å². The minimum absolute atomic E-state index is 0. The number of benzene rings is 3. The third-order valence-corrected chi connectivity index (χ3v) is 6.18. The van der Waals surface area contributed by atoms with Gasteiger partial charge in [-0.2, -0.15) is 0 Å². The molecule has 0 radical (unpaired) electrons. The Balaban J connectivity index is -0.00000123. The fourth-order valence-electron chi connectivity index (χ4n) is 4.28. The summed E-state index contributed by atoms with van der Waals surface area (Å²) in [5.41, 5.74) is 1.89. The number of carboxylic acids is 2. The maximum atomic E-state index is 12.6. The van der Waals surface area contributed by atoms with Gasteiger partial charge in [-0.15, -0.1) is 17.2 Å². The second-order valence-electron chi connectivity index (χ2n) is 9.05. The van der Waals surface area contributed by atoms with Gasteiger partial charge in [-0.05, 0) is 16.7 Å². The van der Waals surface area contributed by atoms with Crippen LogP contribution < -0.4 is 25.5 Å². The molecule has 1 heterocycles. The standard InChI is InChI=1S/C27H30N4O3.C3H4O4.3CH4O.2Co/c32-24-10-4-1-7-21(24)19-28-13-15-30-17-18-31(27(30)23-9-3-6-12-26(23)34)16-14-29-20-22-8-2-5-11-25(22)33;4-2(5)1-3(6)7;3*1-2;;/h1-12,19-20,27,32-34H,13-18H2;1H2,(H,4,5)(H,6,7);3*2H,1H3;;/q;;;;;2*+3/p-5. The number of nitrogens with zero attached hydrogens (tertiary/aromatic N) is 4. The number of para-hydroxylation sites is 3. The van der Waals surface area contributed by atoms with Crippen LogP contribution in [-0.4, -0.2) is 110 Å². The van der Waals surface area contributed by atoms with Crippen molar-refractivity contribution in [2.24, 2.45) is 9.98 Å². The smallest absolute Gasteiger partial charge is 0.872 e. The Kier molecular flexibility index (Phi) is 30.6. The monoisotopic (exact) mass is 771 g/mol. The summed E-state index contributed by atoms with van der Waals surface area (Å²) in [5.74, 6) is -3.33. The van der Waals surface area contributed by atoms with Crippen molar-refractivity contribution in [1.29, 1.82) is 0 Å². The van der Waals surface area contributed by atoms with Gasteiger partial charge >= 0.3 is 33.6 Å². The third kappa shape index (κ3) is 19.1. The van der Waals surface area contributed by atoms with E-state index in [9.17, 15) is 35.1 Å². The fourth-order valence-corrected chi connectivity index (χ4v) is 4.28. The zero-order valence-electron chi connectivity index (χ0n) is 27.3. The third-order valence-electron chi connectivity index (χ3n) is 6.18. The van der Waals surface area contributed by atoms with E-state index in [0.717, 1.165) is 40.0 Å². The van der Waals surface area contributed by atoms with Gasteiger partial charge in [-0.1, -0.05) is 72.8 Å². The van der Waals surface area contributed by atoms with E-state index >= 15 is 0 Å². The molecule has 0 aliphatic carbocycles. The number of carboxylic acid groups (broad SMARTS) is 2. The van der Waals surface area contributed by atoms with Gasteiger partial charge < -0.3 is 50.4 Å². The van der Waals surface area contributed by atoms with Gasteiger partial charge in [0.25, 0.3) is 0 Å². The van der Waals surface area contributed by atoms with E-state index in [0.29, 0.717) is 37.3 Å². The van der Waals surface area contributed by atoms with E-state index < -0.39 is 18.4 Å². The average molecular weight is 772 g/mol. The zero-order valence-corrected chi connectivity index (χ0v) is 29.3. The fraction of sp³-hybridized carbons (Fsp3) is 0.333. The Labute approximate surface area is 307 Å². The number of rotatable bonds is 11. The van der Waals surface area contributed by atoms with Crippen LogP contribution in [0.15, 0.2) is 82.8 Å². The number of aliphatic carboxylic acids is 2. The Hall–Kier alpha value is -3.85. The number of hydrogen-bond donors (Lipinski definition) is 3. The van der Waals surface area contributed by atoms with Crippen LogP contribution in [0.4, 0.5) is 0 Å². The summed E-state index contributed by atoms with van der Waals surface area (Å²) in [6.07, 6.45) is 2.06. The van der Waals surface area contributed by atoms with Crippen molar-refractivity contribution in [2.75, 3.05) is 60.6 Å². The van der Waals surface area contributed by atoms with Crippen LogP contribution in [0, 0.1) is 0 Å². The van der Waals surface area contributed by atoms with Gasteiger partial charge in [0.05, 0.1) is 19.3 Å². The van der Waals surface area contributed by atoms with Crippen molar-refractivity contribution < 1.29 is 84.0 Å². The molecule has 16 heteroatoms. The Morgan fingerprint density at radius 3 is 1.33 bits per heavy atom. The molecule has 1 aliphatic heterocycles. The second-order valence-corrected chi connectivity index (χ2v) is 9.05. The van der Waals surface area contributed by atoms with Crippen LogP contribution in [0.25, 0.3) is 0 Å². The van der Waals surface area contributed by atoms with Crippen LogP contribution in [0.1, 0.15) is 29.3 Å². The first kappa shape index (κ1) is 49.5. The SMILES string of the molecule is CO.CO.CO.O=C([O-])CC(=O)[O-].[Co+3].[Co+3].[O-]c1ccccc1C=NCCN1CCN(CCN=Cc2ccccc2[O-])C1c1ccccc1[O-]. The molecule has 0 amide bonds. The summed E-state index contributed by atoms with van der Waals surface area (Å²) in [5, 5.41) is 75.9. The number of aliphatic imine (C=N–C) groups is 2. The zero-order chi connectivity index (χ0) is 35.6. The number of carbonyl (C=O) groups is 2. The minimum atomic E-state index is -1.63. The predicted molar refractivity (Wildman–Crippen MR) is 168 cm³/mol. The molecule has 3 N–H and O–H groups in total. The molecule has 1 aliphatic rings. The quantitative estimate of drug-likeness (QED) is 0.135. The Morgan fingerprint density at radius 2 is 1.00 bits per heavy atom. The van der Waals surface area contributed by atoms with Gasteiger partial charge in [-0.3, -0.25) is 19.8 Å². The molecule has 14 nitrogen and oxygen atoms in total. The van der Waals surface area contributed by atoms with Crippen molar-refractivity contribution in [3.63, 3.8) is 0 Å². The van der Waals surface area contributed by atoms with E-state index in [-0.39, 0.29) is 57.0 Å². The molecule has 1 saturated heterocycles.